The van der Waals surface area contributed by atoms with Gasteiger partial charge in [-0.1, -0.05) is 23.4 Å². The summed E-state index contributed by atoms with van der Waals surface area (Å²) < 4.78 is 11.0. The van der Waals surface area contributed by atoms with Gasteiger partial charge in [-0.25, -0.2) is 0 Å². The van der Waals surface area contributed by atoms with Gasteiger partial charge >= 0.3 is 0 Å². The predicted molar refractivity (Wildman–Crippen MR) is 74.5 cm³/mol. The first kappa shape index (κ1) is 13.1. The molecule has 1 aliphatic rings. The fourth-order valence-corrected chi connectivity index (χ4v) is 2.10. The predicted octanol–water partition coefficient (Wildman–Crippen LogP) is 2.81. The zero-order valence-corrected chi connectivity index (χ0v) is 11.8. The van der Waals surface area contributed by atoms with Gasteiger partial charge in [0.05, 0.1) is 0 Å². The van der Waals surface area contributed by atoms with Gasteiger partial charge in [-0.15, -0.1) is 0 Å². The highest BCUT2D eigenvalue weighted by molar-refractivity contribution is 5.35. The van der Waals surface area contributed by atoms with Crippen LogP contribution in [0.3, 0.4) is 0 Å². The van der Waals surface area contributed by atoms with Crippen LogP contribution in [0.4, 0.5) is 0 Å². The minimum atomic E-state index is 0.232. The van der Waals surface area contributed by atoms with E-state index in [-0.39, 0.29) is 6.04 Å². The van der Waals surface area contributed by atoms with Gasteiger partial charge in [0, 0.05) is 17.5 Å². The second-order valence-electron chi connectivity index (χ2n) is 5.16. The summed E-state index contributed by atoms with van der Waals surface area (Å²) in [5.41, 5.74) is 1.12. The van der Waals surface area contributed by atoms with Gasteiger partial charge in [0.2, 0.25) is 0 Å². The number of hydrogen-bond donors (Lipinski definition) is 1. The normalized spacial score (nSPS) is 16.1. The van der Waals surface area contributed by atoms with Gasteiger partial charge in [0.15, 0.2) is 12.4 Å². The van der Waals surface area contributed by atoms with Crippen molar-refractivity contribution in [2.24, 2.45) is 0 Å². The van der Waals surface area contributed by atoms with Crippen LogP contribution < -0.4 is 10.1 Å². The number of ether oxygens (including phenoxy) is 1. The molecule has 0 radical (unpaired) electrons. The van der Waals surface area contributed by atoms with Crippen molar-refractivity contribution in [3.63, 3.8) is 0 Å². The third kappa shape index (κ3) is 2.82. The van der Waals surface area contributed by atoms with Crippen molar-refractivity contribution in [3.05, 3.63) is 41.5 Å². The Balaban J connectivity index is 1.67. The van der Waals surface area contributed by atoms with Crippen LogP contribution in [0.15, 0.2) is 28.8 Å². The molecule has 5 heteroatoms. The van der Waals surface area contributed by atoms with Gasteiger partial charge in [0.1, 0.15) is 5.75 Å². The number of hydrogen-bond acceptors (Lipinski definition) is 5. The number of rotatable bonds is 6. The highest BCUT2D eigenvalue weighted by atomic mass is 16.5. The largest absolute Gasteiger partial charge is 0.483 e. The summed E-state index contributed by atoms with van der Waals surface area (Å²) in [6.07, 6.45) is 2.34. The molecule has 20 heavy (non-hydrogen) atoms. The molecule has 1 aliphatic carbocycles. The minimum Gasteiger partial charge on any atom is -0.483 e. The maximum absolute atomic E-state index is 5.82. The molecule has 0 saturated heterocycles. The smallest absolute Gasteiger partial charge is 0.264 e. The van der Waals surface area contributed by atoms with E-state index in [1.165, 1.54) is 12.8 Å². The van der Waals surface area contributed by atoms with Crippen molar-refractivity contribution in [2.75, 3.05) is 7.05 Å². The van der Waals surface area contributed by atoms with Crippen LogP contribution in [0.2, 0.25) is 0 Å². The molecule has 0 aliphatic heterocycles. The first-order chi connectivity index (χ1) is 9.78. The monoisotopic (exact) mass is 273 g/mol. The molecule has 2 aromatic rings. The Labute approximate surface area is 118 Å². The molecule has 1 atom stereocenters. The third-order valence-electron chi connectivity index (χ3n) is 3.60. The molecule has 3 rings (SSSR count). The van der Waals surface area contributed by atoms with E-state index < -0.39 is 0 Å². The maximum Gasteiger partial charge on any atom is 0.264 e. The maximum atomic E-state index is 5.82. The average molecular weight is 273 g/mol. The number of nitrogens with zero attached hydrogens (tertiary/aromatic N) is 2. The summed E-state index contributed by atoms with van der Waals surface area (Å²) in [5.74, 6) is 2.71. The first-order valence-electron chi connectivity index (χ1n) is 6.99. The van der Waals surface area contributed by atoms with Crippen LogP contribution in [0.1, 0.15) is 49.0 Å². The molecule has 5 nitrogen and oxygen atoms in total. The van der Waals surface area contributed by atoms with E-state index in [1.807, 2.05) is 25.2 Å². The van der Waals surface area contributed by atoms with Crippen molar-refractivity contribution >= 4 is 0 Å². The summed E-state index contributed by atoms with van der Waals surface area (Å²) in [7, 11) is 1.93. The number of aromatic nitrogens is 2. The van der Waals surface area contributed by atoms with Crippen LogP contribution in [0, 0.1) is 0 Å². The van der Waals surface area contributed by atoms with E-state index in [0.717, 1.165) is 17.1 Å². The lowest BCUT2D eigenvalue weighted by Gasteiger charge is -2.15. The van der Waals surface area contributed by atoms with Gasteiger partial charge in [-0.2, -0.15) is 4.98 Å². The highest BCUT2D eigenvalue weighted by Crippen LogP contribution is 2.38. The van der Waals surface area contributed by atoms with E-state index in [0.29, 0.717) is 18.4 Å². The topological polar surface area (TPSA) is 60.2 Å². The van der Waals surface area contributed by atoms with E-state index in [2.05, 4.69) is 28.4 Å². The average Bonchev–Trinajstić information content (AvgIpc) is 3.24. The Morgan fingerprint density at radius 1 is 1.40 bits per heavy atom. The fourth-order valence-electron chi connectivity index (χ4n) is 2.10. The van der Waals surface area contributed by atoms with Crippen LogP contribution in [-0.4, -0.2) is 17.2 Å². The summed E-state index contributed by atoms with van der Waals surface area (Å²) in [6.45, 7) is 2.41. The summed E-state index contributed by atoms with van der Waals surface area (Å²) in [5, 5.41) is 7.20. The van der Waals surface area contributed by atoms with Crippen molar-refractivity contribution in [1.82, 2.24) is 15.5 Å². The molecule has 1 aromatic heterocycles. The Morgan fingerprint density at radius 3 is 2.95 bits per heavy atom. The van der Waals surface area contributed by atoms with Crippen LogP contribution in [0.25, 0.3) is 0 Å². The van der Waals surface area contributed by atoms with Crippen molar-refractivity contribution < 1.29 is 9.26 Å². The van der Waals surface area contributed by atoms with Crippen molar-refractivity contribution in [2.45, 2.75) is 38.3 Å². The number of benzene rings is 1. The molecule has 1 saturated carbocycles. The Morgan fingerprint density at radius 2 is 2.20 bits per heavy atom. The zero-order valence-electron chi connectivity index (χ0n) is 11.8. The van der Waals surface area contributed by atoms with E-state index >= 15 is 0 Å². The van der Waals surface area contributed by atoms with Crippen molar-refractivity contribution in [3.8, 4) is 5.75 Å². The molecule has 0 amide bonds. The van der Waals surface area contributed by atoms with Gasteiger partial charge < -0.3 is 14.6 Å². The minimum absolute atomic E-state index is 0.232. The fraction of sp³-hybridized carbons (Fsp3) is 0.467. The summed E-state index contributed by atoms with van der Waals surface area (Å²) >= 11 is 0. The molecule has 1 N–H and O–H groups in total. The first-order valence-corrected chi connectivity index (χ1v) is 6.99. The quantitative estimate of drug-likeness (QED) is 0.877. The second-order valence-corrected chi connectivity index (χ2v) is 5.16. The lowest BCUT2D eigenvalue weighted by Crippen LogP contribution is -2.13. The molecule has 0 spiro atoms. The Hall–Kier alpha value is -1.88. The van der Waals surface area contributed by atoms with Gasteiger partial charge in [0.25, 0.3) is 5.89 Å². The molecule has 1 heterocycles. The summed E-state index contributed by atoms with van der Waals surface area (Å²) in [6, 6.07) is 8.22. The van der Waals surface area contributed by atoms with Gasteiger partial charge in [-0.3, -0.25) is 0 Å². The SMILES string of the molecule is CNC(C)c1ccccc1OCc1nc(C2CC2)no1. The van der Waals surface area contributed by atoms with Crippen LogP contribution >= 0.6 is 0 Å². The molecule has 106 valence electrons. The lowest BCUT2D eigenvalue weighted by atomic mass is 10.1. The second kappa shape index (κ2) is 5.63. The van der Waals surface area contributed by atoms with Gasteiger partial charge in [-0.05, 0) is 32.9 Å². The molecule has 1 fully saturated rings. The molecule has 1 unspecified atom stereocenters. The molecular formula is C15H19N3O2. The van der Waals surface area contributed by atoms with Crippen molar-refractivity contribution in [1.29, 1.82) is 0 Å². The lowest BCUT2D eigenvalue weighted by molar-refractivity contribution is 0.239. The summed E-state index contributed by atoms with van der Waals surface area (Å²) in [4.78, 5) is 4.36. The molecular weight excluding hydrogens is 254 g/mol. The Bertz CT molecular complexity index is 578. The number of para-hydroxylation sites is 1. The highest BCUT2D eigenvalue weighted by Gasteiger charge is 2.28. The number of nitrogens with one attached hydrogen (secondary N) is 1. The molecule has 1 aromatic carbocycles. The zero-order chi connectivity index (χ0) is 13.9. The van der Waals surface area contributed by atoms with E-state index in [1.54, 1.807) is 0 Å². The van der Waals surface area contributed by atoms with Crippen LogP contribution in [0.5, 0.6) is 5.75 Å². The van der Waals surface area contributed by atoms with Crippen LogP contribution in [-0.2, 0) is 6.61 Å². The Kier molecular flexibility index (Phi) is 3.69. The molecule has 0 bridgehead atoms. The third-order valence-corrected chi connectivity index (χ3v) is 3.60. The van der Waals surface area contributed by atoms with E-state index in [9.17, 15) is 0 Å². The van der Waals surface area contributed by atoms with E-state index in [4.69, 9.17) is 9.26 Å². The standard InChI is InChI=1S/C15H19N3O2/c1-10(16-2)12-5-3-4-6-13(12)19-9-14-17-15(18-20-14)11-7-8-11/h3-6,10-11,16H,7-9H2,1-2H3.